The van der Waals surface area contributed by atoms with Gasteiger partial charge in [0.2, 0.25) is 5.91 Å². The van der Waals surface area contributed by atoms with Crippen molar-refractivity contribution >= 4 is 22.4 Å². The maximum atomic E-state index is 11.8. The molecular weight excluding hydrogens is 222 g/mol. The van der Waals surface area contributed by atoms with Crippen molar-refractivity contribution in [3.8, 4) is 0 Å². The molecule has 0 saturated carbocycles. The van der Waals surface area contributed by atoms with Crippen LogP contribution in [0.1, 0.15) is 13.8 Å². The summed E-state index contributed by atoms with van der Waals surface area (Å²) in [5, 5.41) is 3.05. The second-order valence-electron chi connectivity index (χ2n) is 4.28. The Hall–Kier alpha value is -1.10. The van der Waals surface area contributed by atoms with Gasteiger partial charge < -0.3 is 9.80 Å². The van der Waals surface area contributed by atoms with Gasteiger partial charge in [-0.2, -0.15) is 0 Å². The number of carbonyl (C=O) groups is 1. The number of rotatable bonds is 2. The lowest BCUT2D eigenvalue weighted by molar-refractivity contribution is -0.134. The lowest BCUT2D eigenvalue weighted by Gasteiger charge is -2.35. The van der Waals surface area contributed by atoms with E-state index in [2.05, 4.69) is 9.88 Å². The highest BCUT2D eigenvalue weighted by molar-refractivity contribution is 7.13. The van der Waals surface area contributed by atoms with Gasteiger partial charge in [-0.15, -0.1) is 11.3 Å². The highest BCUT2D eigenvalue weighted by atomic mass is 32.1. The molecule has 1 amide bonds. The zero-order valence-corrected chi connectivity index (χ0v) is 10.5. The van der Waals surface area contributed by atoms with E-state index in [-0.39, 0.29) is 11.8 Å². The fourth-order valence-corrected chi connectivity index (χ4v) is 2.55. The van der Waals surface area contributed by atoms with Crippen LogP contribution in [-0.2, 0) is 4.79 Å². The average Bonchev–Trinajstić information content (AvgIpc) is 2.81. The highest BCUT2D eigenvalue weighted by Gasteiger charge is 2.23. The van der Waals surface area contributed by atoms with E-state index in [1.54, 1.807) is 11.3 Å². The molecule has 4 nitrogen and oxygen atoms in total. The van der Waals surface area contributed by atoms with Gasteiger partial charge in [0.25, 0.3) is 0 Å². The van der Waals surface area contributed by atoms with Crippen molar-refractivity contribution < 1.29 is 4.79 Å². The molecule has 0 aliphatic carbocycles. The molecule has 88 valence electrons. The summed E-state index contributed by atoms with van der Waals surface area (Å²) in [5.41, 5.74) is 0. The molecular formula is C11H17N3OS. The quantitative estimate of drug-likeness (QED) is 0.783. The maximum absolute atomic E-state index is 11.8. The van der Waals surface area contributed by atoms with E-state index < -0.39 is 0 Å². The first-order chi connectivity index (χ1) is 7.68. The summed E-state index contributed by atoms with van der Waals surface area (Å²) in [4.78, 5) is 20.3. The Labute approximate surface area is 99.9 Å². The van der Waals surface area contributed by atoms with E-state index in [1.807, 2.05) is 30.3 Å². The van der Waals surface area contributed by atoms with Crippen LogP contribution in [0, 0.1) is 5.92 Å². The first kappa shape index (κ1) is 11.4. The van der Waals surface area contributed by atoms with Crippen LogP contribution in [0.25, 0.3) is 0 Å². The van der Waals surface area contributed by atoms with E-state index >= 15 is 0 Å². The molecule has 2 rings (SSSR count). The number of carbonyl (C=O) groups excluding carboxylic acids is 1. The van der Waals surface area contributed by atoms with E-state index in [0.29, 0.717) is 0 Å². The van der Waals surface area contributed by atoms with Crippen LogP contribution in [0.2, 0.25) is 0 Å². The molecule has 1 aliphatic rings. The number of thiazole rings is 1. The van der Waals surface area contributed by atoms with Crippen molar-refractivity contribution in [2.45, 2.75) is 13.8 Å². The number of hydrogen-bond donors (Lipinski definition) is 0. The zero-order valence-electron chi connectivity index (χ0n) is 9.72. The van der Waals surface area contributed by atoms with Gasteiger partial charge >= 0.3 is 0 Å². The molecule has 1 aliphatic heterocycles. The smallest absolute Gasteiger partial charge is 0.225 e. The Morgan fingerprint density at radius 2 is 2.06 bits per heavy atom. The molecule has 0 N–H and O–H groups in total. The molecule has 0 radical (unpaired) electrons. The van der Waals surface area contributed by atoms with Crippen LogP contribution in [0.3, 0.4) is 0 Å². The van der Waals surface area contributed by atoms with Gasteiger partial charge in [0.05, 0.1) is 0 Å². The molecule has 0 aromatic carbocycles. The van der Waals surface area contributed by atoms with E-state index in [4.69, 9.17) is 0 Å². The minimum atomic E-state index is 0.103. The van der Waals surface area contributed by atoms with Crippen LogP contribution in [-0.4, -0.2) is 42.0 Å². The molecule has 16 heavy (non-hydrogen) atoms. The second-order valence-corrected chi connectivity index (χ2v) is 5.15. The van der Waals surface area contributed by atoms with Crippen molar-refractivity contribution in [3.63, 3.8) is 0 Å². The number of piperazine rings is 1. The highest BCUT2D eigenvalue weighted by Crippen LogP contribution is 2.19. The van der Waals surface area contributed by atoms with Crippen LogP contribution >= 0.6 is 11.3 Å². The zero-order chi connectivity index (χ0) is 11.5. The van der Waals surface area contributed by atoms with Crippen LogP contribution < -0.4 is 4.90 Å². The van der Waals surface area contributed by atoms with E-state index in [9.17, 15) is 4.79 Å². The predicted octanol–water partition coefficient (Wildman–Crippen LogP) is 1.45. The summed E-state index contributed by atoms with van der Waals surface area (Å²) >= 11 is 1.66. The number of amides is 1. The van der Waals surface area contributed by atoms with Crippen LogP contribution in [0.5, 0.6) is 0 Å². The standard InChI is InChI=1S/C11H17N3OS/c1-9(2)10(15)13-4-6-14(7-5-13)11-12-3-8-16-11/h3,8-9H,4-7H2,1-2H3. The molecule has 1 aromatic rings. The van der Waals surface area contributed by atoms with E-state index in [1.165, 1.54) is 0 Å². The van der Waals surface area contributed by atoms with Gasteiger partial charge in [0.15, 0.2) is 5.13 Å². The predicted molar refractivity (Wildman–Crippen MR) is 65.7 cm³/mol. The maximum Gasteiger partial charge on any atom is 0.225 e. The largest absolute Gasteiger partial charge is 0.345 e. The molecule has 0 spiro atoms. The van der Waals surface area contributed by atoms with Gasteiger partial charge in [-0.25, -0.2) is 4.98 Å². The topological polar surface area (TPSA) is 36.4 Å². The number of anilines is 1. The summed E-state index contributed by atoms with van der Waals surface area (Å²) in [7, 11) is 0. The van der Waals surface area contributed by atoms with Gasteiger partial charge in [-0.1, -0.05) is 13.8 Å². The van der Waals surface area contributed by atoms with Crippen molar-refractivity contribution in [2.24, 2.45) is 5.92 Å². The molecule has 1 aromatic heterocycles. The minimum Gasteiger partial charge on any atom is -0.345 e. The Morgan fingerprint density at radius 3 is 2.56 bits per heavy atom. The van der Waals surface area contributed by atoms with Gasteiger partial charge in [0.1, 0.15) is 0 Å². The third-order valence-corrected chi connectivity index (χ3v) is 3.61. The summed E-state index contributed by atoms with van der Waals surface area (Å²) < 4.78 is 0. The Morgan fingerprint density at radius 1 is 1.38 bits per heavy atom. The monoisotopic (exact) mass is 239 g/mol. The molecule has 0 atom stereocenters. The number of hydrogen-bond acceptors (Lipinski definition) is 4. The molecule has 2 heterocycles. The first-order valence-corrected chi connectivity index (χ1v) is 6.49. The fraction of sp³-hybridized carbons (Fsp3) is 0.636. The Balaban J connectivity index is 1.90. The minimum absolute atomic E-state index is 0.103. The van der Waals surface area contributed by atoms with Gasteiger partial charge in [-0.3, -0.25) is 4.79 Å². The summed E-state index contributed by atoms with van der Waals surface area (Å²) in [6.45, 7) is 7.33. The molecule has 0 bridgehead atoms. The lowest BCUT2D eigenvalue weighted by Crippen LogP contribution is -2.49. The Bertz CT molecular complexity index is 342. The van der Waals surface area contributed by atoms with Gasteiger partial charge in [0, 0.05) is 43.7 Å². The van der Waals surface area contributed by atoms with Gasteiger partial charge in [-0.05, 0) is 0 Å². The fourth-order valence-electron chi connectivity index (χ4n) is 1.86. The SMILES string of the molecule is CC(C)C(=O)N1CCN(c2nccs2)CC1. The summed E-state index contributed by atoms with van der Waals surface area (Å²) in [5.74, 6) is 0.366. The van der Waals surface area contributed by atoms with Crippen molar-refractivity contribution in [2.75, 3.05) is 31.1 Å². The molecule has 1 fully saturated rings. The van der Waals surface area contributed by atoms with Crippen LogP contribution in [0.4, 0.5) is 5.13 Å². The summed E-state index contributed by atoms with van der Waals surface area (Å²) in [6, 6.07) is 0. The lowest BCUT2D eigenvalue weighted by atomic mass is 10.2. The second kappa shape index (κ2) is 4.82. The third kappa shape index (κ3) is 2.35. The van der Waals surface area contributed by atoms with Crippen molar-refractivity contribution in [1.82, 2.24) is 9.88 Å². The average molecular weight is 239 g/mol. The molecule has 5 heteroatoms. The van der Waals surface area contributed by atoms with Crippen molar-refractivity contribution in [3.05, 3.63) is 11.6 Å². The number of aromatic nitrogens is 1. The first-order valence-electron chi connectivity index (χ1n) is 5.61. The Kier molecular flexibility index (Phi) is 3.43. The third-order valence-electron chi connectivity index (χ3n) is 2.78. The molecule has 0 unspecified atom stereocenters. The van der Waals surface area contributed by atoms with E-state index in [0.717, 1.165) is 31.3 Å². The normalized spacial score (nSPS) is 16.9. The summed E-state index contributed by atoms with van der Waals surface area (Å²) in [6.07, 6.45) is 1.83. The van der Waals surface area contributed by atoms with Crippen molar-refractivity contribution in [1.29, 1.82) is 0 Å². The molecule has 1 saturated heterocycles. The number of nitrogens with zero attached hydrogens (tertiary/aromatic N) is 3. The van der Waals surface area contributed by atoms with Crippen LogP contribution in [0.15, 0.2) is 11.6 Å².